The molecule has 4 heteroatoms. The highest BCUT2D eigenvalue weighted by Gasteiger charge is 2.26. The quantitative estimate of drug-likeness (QED) is 0.587. The molecule has 1 aliphatic carbocycles. The van der Waals surface area contributed by atoms with Gasteiger partial charge in [-0.3, -0.25) is 0 Å². The van der Waals surface area contributed by atoms with E-state index in [2.05, 4.69) is 52.8 Å². The standard InChI is InChI=1S/C19H20N2OS/c1-21-9-6-13(7-10-21)18-15-5-3-2-4-14(15)12-17(20-22)19-16(18)8-11-23-19/h2-5,8,11,22H,6-7,9-10,12H2,1H3. The number of benzene rings is 1. The fourth-order valence-electron chi connectivity index (χ4n) is 3.65. The van der Waals surface area contributed by atoms with E-state index in [4.69, 9.17) is 0 Å². The summed E-state index contributed by atoms with van der Waals surface area (Å²) in [5, 5.41) is 15.2. The van der Waals surface area contributed by atoms with Crippen molar-refractivity contribution in [3.8, 4) is 0 Å². The first-order valence-electron chi connectivity index (χ1n) is 8.06. The maximum atomic E-state index is 9.51. The van der Waals surface area contributed by atoms with Gasteiger partial charge < -0.3 is 10.1 Å². The van der Waals surface area contributed by atoms with Crippen LogP contribution < -0.4 is 0 Å². The van der Waals surface area contributed by atoms with Gasteiger partial charge in [-0.2, -0.15) is 0 Å². The number of fused-ring (bicyclic) bond motifs is 2. The lowest BCUT2D eigenvalue weighted by atomic mass is 9.88. The second kappa shape index (κ2) is 5.95. The zero-order valence-corrected chi connectivity index (χ0v) is 14.1. The Labute approximate surface area is 140 Å². The Morgan fingerprint density at radius 1 is 1.09 bits per heavy atom. The number of rotatable bonds is 0. The number of likely N-dealkylation sites (tertiary alicyclic amines) is 1. The predicted molar refractivity (Wildman–Crippen MR) is 95.5 cm³/mol. The van der Waals surface area contributed by atoms with Crippen LogP contribution in [0.5, 0.6) is 0 Å². The van der Waals surface area contributed by atoms with Gasteiger partial charge in [0.05, 0.1) is 4.88 Å². The van der Waals surface area contributed by atoms with Crippen molar-refractivity contribution in [3.63, 3.8) is 0 Å². The molecule has 3 nitrogen and oxygen atoms in total. The van der Waals surface area contributed by atoms with Crippen LogP contribution in [0.15, 0.2) is 46.4 Å². The van der Waals surface area contributed by atoms with Crippen molar-refractivity contribution in [1.82, 2.24) is 4.90 Å². The Morgan fingerprint density at radius 3 is 2.65 bits per heavy atom. The van der Waals surface area contributed by atoms with E-state index in [9.17, 15) is 5.21 Å². The minimum absolute atomic E-state index is 0.691. The predicted octanol–water partition coefficient (Wildman–Crippen LogP) is 4.01. The van der Waals surface area contributed by atoms with Crippen LogP contribution in [0.4, 0.5) is 0 Å². The second-order valence-electron chi connectivity index (χ2n) is 6.33. The van der Waals surface area contributed by atoms with Crippen molar-refractivity contribution in [3.05, 3.63) is 62.9 Å². The fourth-order valence-corrected chi connectivity index (χ4v) is 4.54. The molecule has 118 valence electrons. The largest absolute Gasteiger partial charge is 0.411 e. The molecular formula is C19H20N2OS. The molecule has 0 amide bonds. The highest BCUT2D eigenvalue weighted by molar-refractivity contribution is 7.12. The number of nitrogens with zero attached hydrogens (tertiary/aromatic N) is 2. The van der Waals surface area contributed by atoms with Crippen LogP contribution in [-0.2, 0) is 6.42 Å². The van der Waals surface area contributed by atoms with Crippen LogP contribution >= 0.6 is 11.3 Å². The molecule has 0 atom stereocenters. The SMILES string of the molecule is CN1CCC(=C2c3ccccc3CC(=NO)c3sccc32)CC1. The van der Waals surface area contributed by atoms with Crippen molar-refractivity contribution >= 4 is 22.6 Å². The van der Waals surface area contributed by atoms with Gasteiger partial charge in [0.1, 0.15) is 5.71 Å². The Kier molecular flexibility index (Phi) is 3.79. The van der Waals surface area contributed by atoms with E-state index in [0.717, 1.165) is 36.5 Å². The number of piperidine rings is 1. The number of oxime groups is 1. The van der Waals surface area contributed by atoms with Gasteiger partial charge in [-0.15, -0.1) is 11.3 Å². The summed E-state index contributed by atoms with van der Waals surface area (Å²) in [4.78, 5) is 3.51. The van der Waals surface area contributed by atoms with Gasteiger partial charge in [0.15, 0.2) is 0 Å². The van der Waals surface area contributed by atoms with Crippen LogP contribution in [0.3, 0.4) is 0 Å². The van der Waals surface area contributed by atoms with E-state index in [1.165, 1.54) is 27.8 Å². The molecule has 2 aromatic rings. The monoisotopic (exact) mass is 324 g/mol. The van der Waals surface area contributed by atoms with E-state index in [1.807, 2.05) is 0 Å². The van der Waals surface area contributed by atoms with E-state index in [0.29, 0.717) is 6.42 Å². The van der Waals surface area contributed by atoms with E-state index in [1.54, 1.807) is 11.3 Å². The maximum Gasteiger partial charge on any atom is 0.102 e. The molecule has 1 fully saturated rings. The third kappa shape index (κ3) is 2.52. The molecule has 0 spiro atoms. The molecule has 4 rings (SSSR count). The molecule has 0 unspecified atom stereocenters. The Morgan fingerprint density at radius 2 is 1.87 bits per heavy atom. The number of thiophene rings is 1. The minimum atomic E-state index is 0.691. The normalized spacial score (nSPS) is 20.3. The van der Waals surface area contributed by atoms with Crippen LogP contribution in [-0.4, -0.2) is 36.0 Å². The first kappa shape index (κ1) is 14.7. The number of hydrogen-bond acceptors (Lipinski definition) is 4. The average molecular weight is 324 g/mol. The smallest absolute Gasteiger partial charge is 0.102 e. The molecular weight excluding hydrogens is 304 g/mol. The summed E-state index contributed by atoms with van der Waals surface area (Å²) >= 11 is 1.67. The van der Waals surface area contributed by atoms with Crippen LogP contribution in [0, 0.1) is 0 Å². The summed E-state index contributed by atoms with van der Waals surface area (Å²) < 4.78 is 0. The molecule has 1 N–H and O–H groups in total. The highest BCUT2D eigenvalue weighted by atomic mass is 32.1. The van der Waals surface area contributed by atoms with E-state index >= 15 is 0 Å². The van der Waals surface area contributed by atoms with Gasteiger partial charge in [-0.05, 0) is 48.0 Å². The summed E-state index contributed by atoms with van der Waals surface area (Å²) in [5.41, 5.74) is 7.51. The summed E-state index contributed by atoms with van der Waals surface area (Å²) in [6.45, 7) is 2.23. The molecule has 2 aliphatic rings. The minimum Gasteiger partial charge on any atom is -0.411 e. The first-order valence-corrected chi connectivity index (χ1v) is 8.94. The van der Waals surface area contributed by atoms with Gasteiger partial charge in [-0.25, -0.2) is 0 Å². The zero-order valence-electron chi connectivity index (χ0n) is 13.2. The summed E-state index contributed by atoms with van der Waals surface area (Å²) in [6.07, 6.45) is 2.92. The van der Waals surface area contributed by atoms with Crippen LogP contribution in [0.25, 0.3) is 5.57 Å². The van der Waals surface area contributed by atoms with Gasteiger partial charge in [0.2, 0.25) is 0 Å². The molecule has 0 saturated carbocycles. The summed E-state index contributed by atoms with van der Waals surface area (Å²) in [5.74, 6) is 0. The van der Waals surface area contributed by atoms with Gasteiger partial charge in [0, 0.05) is 25.1 Å². The van der Waals surface area contributed by atoms with E-state index in [-0.39, 0.29) is 0 Å². The van der Waals surface area contributed by atoms with E-state index < -0.39 is 0 Å². The second-order valence-corrected chi connectivity index (χ2v) is 7.24. The van der Waals surface area contributed by atoms with Crippen molar-refractivity contribution in [2.75, 3.05) is 20.1 Å². The van der Waals surface area contributed by atoms with Crippen molar-refractivity contribution < 1.29 is 5.21 Å². The van der Waals surface area contributed by atoms with Gasteiger partial charge in [-0.1, -0.05) is 35.0 Å². The molecule has 0 radical (unpaired) electrons. The third-order valence-corrected chi connectivity index (χ3v) is 5.87. The molecule has 0 bridgehead atoms. The lowest BCUT2D eigenvalue weighted by Crippen LogP contribution is -2.27. The fraction of sp³-hybridized carbons (Fsp3) is 0.316. The Hall–Kier alpha value is -1.91. The average Bonchev–Trinajstić information content (AvgIpc) is 3.00. The molecule has 1 aromatic carbocycles. The maximum absolute atomic E-state index is 9.51. The number of hydrogen-bond donors (Lipinski definition) is 1. The van der Waals surface area contributed by atoms with Gasteiger partial charge in [0.25, 0.3) is 0 Å². The van der Waals surface area contributed by atoms with Crippen molar-refractivity contribution in [2.24, 2.45) is 5.16 Å². The topological polar surface area (TPSA) is 35.8 Å². The molecule has 23 heavy (non-hydrogen) atoms. The molecule has 1 saturated heterocycles. The summed E-state index contributed by atoms with van der Waals surface area (Å²) in [6, 6.07) is 10.8. The van der Waals surface area contributed by atoms with Crippen LogP contribution in [0.2, 0.25) is 0 Å². The Bertz CT molecular complexity index is 793. The first-order chi connectivity index (χ1) is 11.3. The van der Waals surface area contributed by atoms with Crippen molar-refractivity contribution in [1.29, 1.82) is 0 Å². The highest BCUT2D eigenvalue weighted by Crippen LogP contribution is 2.40. The van der Waals surface area contributed by atoms with Crippen molar-refractivity contribution in [2.45, 2.75) is 19.3 Å². The van der Waals surface area contributed by atoms with Crippen LogP contribution in [0.1, 0.15) is 34.4 Å². The third-order valence-electron chi connectivity index (χ3n) is 4.91. The molecule has 2 heterocycles. The molecule has 1 aromatic heterocycles. The summed E-state index contributed by atoms with van der Waals surface area (Å²) in [7, 11) is 2.19. The molecule has 1 aliphatic heterocycles. The lowest BCUT2D eigenvalue weighted by molar-refractivity contribution is 0.313. The Balaban J connectivity index is 1.97. The zero-order chi connectivity index (χ0) is 15.8. The lowest BCUT2D eigenvalue weighted by Gasteiger charge is -2.27. The van der Waals surface area contributed by atoms with Gasteiger partial charge >= 0.3 is 0 Å².